The molecule has 0 radical (unpaired) electrons. The molecule has 110 valence electrons. The lowest BCUT2D eigenvalue weighted by atomic mass is 10.1. The maximum atomic E-state index is 13.6. The predicted molar refractivity (Wildman–Crippen MR) is 85.0 cm³/mol. The van der Waals surface area contributed by atoms with E-state index in [1.807, 2.05) is 6.07 Å². The molecule has 0 N–H and O–H groups in total. The van der Waals surface area contributed by atoms with Gasteiger partial charge in [-0.15, -0.1) is 0 Å². The fourth-order valence-corrected chi connectivity index (χ4v) is 2.11. The number of halogens is 2. The van der Waals surface area contributed by atoms with Crippen LogP contribution in [0.5, 0.6) is 5.75 Å². The standard InChI is InChI=1S/C17H11BrFNO2/c18-14-4-7-16(19)13(11-14)3-8-17(21)12-1-5-15(6-2-12)22-10-9-20/h1-8,11H,10H2/b8-3-. The lowest BCUT2D eigenvalue weighted by Crippen LogP contribution is -1.96. The Kier molecular flexibility index (Phi) is 5.45. The topological polar surface area (TPSA) is 50.1 Å². The normalized spacial score (nSPS) is 10.4. The minimum Gasteiger partial charge on any atom is -0.479 e. The molecule has 22 heavy (non-hydrogen) atoms. The van der Waals surface area contributed by atoms with Gasteiger partial charge in [-0.1, -0.05) is 15.9 Å². The first-order chi connectivity index (χ1) is 10.6. The van der Waals surface area contributed by atoms with Gasteiger partial charge in [0.25, 0.3) is 0 Å². The van der Waals surface area contributed by atoms with Crippen molar-refractivity contribution in [3.05, 3.63) is 70.0 Å². The van der Waals surface area contributed by atoms with Crippen LogP contribution in [0.4, 0.5) is 4.39 Å². The SMILES string of the molecule is N#CCOc1ccc(C(=O)/C=C\c2cc(Br)ccc2F)cc1. The molecule has 0 spiro atoms. The van der Waals surface area contributed by atoms with Crippen LogP contribution in [0.25, 0.3) is 6.08 Å². The highest BCUT2D eigenvalue weighted by Crippen LogP contribution is 2.18. The van der Waals surface area contributed by atoms with Crippen LogP contribution in [-0.4, -0.2) is 12.4 Å². The first kappa shape index (κ1) is 15.9. The van der Waals surface area contributed by atoms with Crippen molar-refractivity contribution in [2.45, 2.75) is 0 Å². The van der Waals surface area contributed by atoms with Gasteiger partial charge >= 0.3 is 0 Å². The first-order valence-electron chi connectivity index (χ1n) is 6.37. The second-order valence-electron chi connectivity index (χ2n) is 4.33. The molecule has 0 unspecified atom stereocenters. The fraction of sp³-hybridized carbons (Fsp3) is 0.0588. The van der Waals surface area contributed by atoms with Gasteiger partial charge in [-0.25, -0.2) is 4.39 Å². The first-order valence-corrected chi connectivity index (χ1v) is 7.17. The summed E-state index contributed by atoms with van der Waals surface area (Å²) in [6, 6.07) is 12.8. The van der Waals surface area contributed by atoms with E-state index in [9.17, 15) is 9.18 Å². The van der Waals surface area contributed by atoms with Crippen molar-refractivity contribution < 1.29 is 13.9 Å². The van der Waals surface area contributed by atoms with Crippen LogP contribution < -0.4 is 4.74 Å². The molecular weight excluding hydrogens is 349 g/mol. The maximum absolute atomic E-state index is 13.6. The third-order valence-electron chi connectivity index (χ3n) is 2.81. The van der Waals surface area contributed by atoms with Crippen molar-refractivity contribution in [2.75, 3.05) is 6.61 Å². The molecule has 0 aliphatic carbocycles. The number of hydrogen-bond acceptors (Lipinski definition) is 3. The highest BCUT2D eigenvalue weighted by Gasteiger charge is 2.04. The van der Waals surface area contributed by atoms with E-state index in [0.717, 1.165) is 4.47 Å². The van der Waals surface area contributed by atoms with Gasteiger partial charge in [-0.05, 0) is 54.6 Å². The molecular formula is C17H11BrFNO2. The Morgan fingerprint density at radius 1 is 1.27 bits per heavy atom. The summed E-state index contributed by atoms with van der Waals surface area (Å²) in [6.07, 6.45) is 2.75. The average Bonchev–Trinajstić information content (AvgIpc) is 2.54. The maximum Gasteiger partial charge on any atom is 0.185 e. The summed E-state index contributed by atoms with van der Waals surface area (Å²) in [6.45, 7) is -0.0463. The second kappa shape index (κ2) is 7.53. The molecule has 0 aliphatic rings. The van der Waals surface area contributed by atoms with Crippen molar-refractivity contribution in [3.8, 4) is 11.8 Å². The van der Waals surface area contributed by atoms with E-state index >= 15 is 0 Å². The third-order valence-corrected chi connectivity index (χ3v) is 3.31. The van der Waals surface area contributed by atoms with E-state index in [-0.39, 0.29) is 12.4 Å². The van der Waals surface area contributed by atoms with Crippen molar-refractivity contribution in [2.24, 2.45) is 0 Å². The number of benzene rings is 2. The number of nitriles is 1. The lowest BCUT2D eigenvalue weighted by Gasteiger charge is -2.02. The molecule has 0 saturated carbocycles. The summed E-state index contributed by atoms with van der Waals surface area (Å²) in [4.78, 5) is 12.0. The molecule has 0 amide bonds. The Labute approximate surface area is 135 Å². The number of rotatable bonds is 5. The molecule has 0 atom stereocenters. The van der Waals surface area contributed by atoms with E-state index in [4.69, 9.17) is 10.00 Å². The van der Waals surface area contributed by atoms with Gasteiger partial charge in [0.05, 0.1) is 0 Å². The highest BCUT2D eigenvalue weighted by atomic mass is 79.9. The number of ketones is 1. The zero-order valence-corrected chi connectivity index (χ0v) is 13.0. The number of hydrogen-bond donors (Lipinski definition) is 0. The molecule has 0 aromatic heterocycles. The molecule has 0 heterocycles. The van der Waals surface area contributed by atoms with E-state index in [1.165, 1.54) is 18.2 Å². The molecule has 2 aromatic carbocycles. The smallest absolute Gasteiger partial charge is 0.185 e. The Morgan fingerprint density at radius 3 is 2.68 bits per heavy atom. The summed E-state index contributed by atoms with van der Waals surface area (Å²) in [5, 5.41) is 8.42. The zero-order valence-electron chi connectivity index (χ0n) is 11.4. The zero-order chi connectivity index (χ0) is 15.9. The Balaban J connectivity index is 2.10. The van der Waals surface area contributed by atoms with Crippen LogP contribution in [0.2, 0.25) is 0 Å². The van der Waals surface area contributed by atoms with Crippen molar-refractivity contribution in [3.63, 3.8) is 0 Å². The summed E-state index contributed by atoms with van der Waals surface area (Å²) in [5.41, 5.74) is 0.785. The minimum atomic E-state index is -0.396. The van der Waals surface area contributed by atoms with Crippen molar-refractivity contribution >= 4 is 27.8 Å². The van der Waals surface area contributed by atoms with Crippen molar-refractivity contribution in [1.82, 2.24) is 0 Å². The van der Waals surface area contributed by atoms with Gasteiger partial charge in [0, 0.05) is 15.6 Å². The van der Waals surface area contributed by atoms with Gasteiger partial charge < -0.3 is 4.74 Å². The monoisotopic (exact) mass is 359 g/mol. The summed E-state index contributed by atoms with van der Waals surface area (Å²) in [7, 11) is 0. The number of nitrogens with zero attached hydrogens (tertiary/aromatic N) is 1. The number of ether oxygens (including phenoxy) is 1. The number of allylic oxidation sites excluding steroid dienone is 1. The number of carbonyl (C=O) groups excluding carboxylic acids is 1. The number of carbonyl (C=O) groups is 1. The molecule has 0 aliphatic heterocycles. The molecule has 0 saturated heterocycles. The van der Waals surface area contributed by atoms with Crippen LogP contribution in [0.15, 0.2) is 53.0 Å². The Hall–Kier alpha value is -2.45. The quantitative estimate of drug-likeness (QED) is 0.587. The third kappa shape index (κ3) is 4.27. The molecule has 0 fully saturated rings. The molecule has 3 nitrogen and oxygen atoms in total. The van der Waals surface area contributed by atoms with E-state index in [0.29, 0.717) is 16.9 Å². The van der Waals surface area contributed by atoms with Gasteiger partial charge in [0.15, 0.2) is 12.4 Å². The van der Waals surface area contributed by atoms with Crippen molar-refractivity contribution in [1.29, 1.82) is 5.26 Å². The largest absolute Gasteiger partial charge is 0.479 e. The fourth-order valence-electron chi connectivity index (χ4n) is 1.74. The molecule has 5 heteroatoms. The van der Waals surface area contributed by atoms with E-state index < -0.39 is 5.82 Å². The van der Waals surface area contributed by atoms with Crippen LogP contribution in [0.1, 0.15) is 15.9 Å². The molecule has 2 aromatic rings. The van der Waals surface area contributed by atoms with Crippen LogP contribution in [0, 0.1) is 17.1 Å². The Bertz CT molecular complexity index is 748. The Morgan fingerprint density at radius 2 is 2.00 bits per heavy atom. The van der Waals surface area contributed by atoms with Crippen LogP contribution in [-0.2, 0) is 0 Å². The van der Waals surface area contributed by atoms with E-state index in [1.54, 1.807) is 36.4 Å². The summed E-state index contributed by atoms with van der Waals surface area (Å²) < 4.78 is 19.4. The lowest BCUT2D eigenvalue weighted by molar-refractivity contribution is 0.104. The highest BCUT2D eigenvalue weighted by molar-refractivity contribution is 9.10. The van der Waals surface area contributed by atoms with Crippen LogP contribution in [0.3, 0.4) is 0 Å². The molecule has 0 bridgehead atoms. The second-order valence-corrected chi connectivity index (χ2v) is 5.25. The van der Waals surface area contributed by atoms with Gasteiger partial charge in [-0.2, -0.15) is 5.26 Å². The summed E-state index contributed by atoms with van der Waals surface area (Å²) in [5.74, 6) is -0.126. The predicted octanol–water partition coefficient (Wildman–Crippen LogP) is 4.39. The average molecular weight is 360 g/mol. The van der Waals surface area contributed by atoms with Gasteiger partial charge in [-0.3, -0.25) is 4.79 Å². The van der Waals surface area contributed by atoms with Crippen LogP contribution >= 0.6 is 15.9 Å². The minimum absolute atomic E-state index is 0.0463. The van der Waals surface area contributed by atoms with E-state index in [2.05, 4.69) is 15.9 Å². The summed E-state index contributed by atoms with van der Waals surface area (Å²) >= 11 is 3.25. The molecule has 2 rings (SSSR count). The van der Waals surface area contributed by atoms with Gasteiger partial charge in [0.2, 0.25) is 0 Å². The van der Waals surface area contributed by atoms with Gasteiger partial charge in [0.1, 0.15) is 17.6 Å².